The van der Waals surface area contributed by atoms with Crippen molar-refractivity contribution >= 4 is 11.9 Å². The summed E-state index contributed by atoms with van der Waals surface area (Å²) in [4.78, 5) is 25.0. The Kier molecular flexibility index (Phi) is 5.37. The number of ether oxygens (including phenoxy) is 1. The van der Waals surface area contributed by atoms with Gasteiger partial charge in [0.1, 0.15) is 0 Å². The quantitative estimate of drug-likeness (QED) is 0.475. The van der Waals surface area contributed by atoms with Crippen LogP contribution in [-0.4, -0.2) is 56.1 Å². The molecule has 0 bridgehead atoms. The lowest BCUT2D eigenvalue weighted by molar-refractivity contribution is -0.148. The fourth-order valence-corrected chi connectivity index (χ4v) is 1.89. The first-order valence-electron chi connectivity index (χ1n) is 5.93. The van der Waals surface area contributed by atoms with Gasteiger partial charge in [-0.25, -0.2) is 4.79 Å². The number of hydrogen-bond acceptors (Lipinski definition) is 5. The molecule has 0 radical (unpaired) electrons. The molecule has 1 fully saturated rings. The maximum atomic E-state index is 11.5. The lowest BCUT2D eigenvalue weighted by atomic mass is 10.1. The van der Waals surface area contributed by atoms with Crippen LogP contribution in [0.5, 0.6) is 0 Å². The van der Waals surface area contributed by atoms with E-state index in [1.165, 1.54) is 0 Å². The van der Waals surface area contributed by atoms with E-state index in [4.69, 9.17) is 5.73 Å². The number of amides is 1. The topological polar surface area (TPSA) is 84.7 Å². The zero-order valence-electron chi connectivity index (χ0n) is 10.4. The zero-order valence-corrected chi connectivity index (χ0v) is 10.4. The smallest absolute Gasteiger partial charge is 0.332 e. The van der Waals surface area contributed by atoms with Crippen molar-refractivity contribution in [3.63, 3.8) is 0 Å². The fourth-order valence-electron chi connectivity index (χ4n) is 1.89. The summed E-state index contributed by atoms with van der Waals surface area (Å²) in [5.41, 5.74) is 5.46. The molecule has 0 aromatic heterocycles. The first-order valence-corrected chi connectivity index (χ1v) is 5.93. The van der Waals surface area contributed by atoms with Crippen LogP contribution in [0.2, 0.25) is 0 Å². The van der Waals surface area contributed by atoms with Crippen LogP contribution in [-0.2, 0) is 14.3 Å². The van der Waals surface area contributed by atoms with Gasteiger partial charge < -0.3 is 20.7 Å². The second-order valence-corrected chi connectivity index (χ2v) is 4.39. The molecule has 0 aliphatic carbocycles. The van der Waals surface area contributed by atoms with E-state index in [1.54, 1.807) is 6.92 Å². The highest BCUT2D eigenvalue weighted by Gasteiger charge is 2.25. The molecule has 0 spiro atoms. The lowest BCUT2D eigenvalue weighted by Crippen LogP contribution is -2.48. The largest absolute Gasteiger partial charge is 0.464 e. The Morgan fingerprint density at radius 1 is 1.59 bits per heavy atom. The summed E-state index contributed by atoms with van der Waals surface area (Å²) in [6.45, 7) is 4.49. The number of hydrogen-bond donors (Lipinski definition) is 2. The van der Waals surface area contributed by atoms with Crippen LogP contribution in [0.3, 0.4) is 0 Å². The Labute approximate surface area is 101 Å². The van der Waals surface area contributed by atoms with Gasteiger partial charge in [-0.15, -0.1) is 0 Å². The van der Waals surface area contributed by atoms with Gasteiger partial charge in [0.2, 0.25) is 5.91 Å². The fraction of sp³-hybridized carbons (Fsp3) is 0.818. The highest BCUT2D eigenvalue weighted by molar-refractivity contribution is 6.01. The van der Waals surface area contributed by atoms with Crippen molar-refractivity contribution in [2.24, 2.45) is 11.7 Å². The third-order valence-electron chi connectivity index (χ3n) is 2.88. The minimum atomic E-state index is -1.21. The van der Waals surface area contributed by atoms with Gasteiger partial charge >= 0.3 is 5.97 Å². The predicted octanol–water partition coefficient (Wildman–Crippen LogP) is -1.06. The van der Waals surface area contributed by atoms with Crippen LogP contribution in [0.25, 0.3) is 0 Å². The van der Waals surface area contributed by atoms with Crippen LogP contribution in [0.15, 0.2) is 0 Å². The van der Waals surface area contributed by atoms with E-state index in [9.17, 15) is 9.59 Å². The van der Waals surface area contributed by atoms with Gasteiger partial charge in [0, 0.05) is 13.1 Å². The summed E-state index contributed by atoms with van der Waals surface area (Å²) in [5, 5.41) is 2.69. The van der Waals surface area contributed by atoms with Gasteiger partial charge in [0.05, 0.1) is 6.61 Å². The van der Waals surface area contributed by atoms with Gasteiger partial charge in [0.25, 0.3) is 0 Å². The average Bonchev–Trinajstić information content (AvgIpc) is 2.71. The summed E-state index contributed by atoms with van der Waals surface area (Å²) in [6, 6.07) is -1.21. The molecule has 17 heavy (non-hydrogen) atoms. The van der Waals surface area contributed by atoms with Gasteiger partial charge in [-0.2, -0.15) is 0 Å². The molecule has 1 heterocycles. The Balaban J connectivity index is 2.26. The van der Waals surface area contributed by atoms with Crippen molar-refractivity contribution in [1.82, 2.24) is 10.2 Å². The van der Waals surface area contributed by atoms with E-state index in [0.29, 0.717) is 12.5 Å². The van der Waals surface area contributed by atoms with Gasteiger partial charge in [-0.3, -0.25) is 4.79 Å². The van der Waals surface area contributed by atoms with Crippen molar-refractivity contribution in [3.05, 3.63) is 0 Å². The molecular formula is C11H21N3O3. The summed E-state index contributed by atoms with van der Waals surface area (Å²) in [7, 11) is 2.05. The molecule has 3 N–H and O–H groups in total. The minimum absolute atomic E-state index is 0.229. The van der Waals surface area contributed by atoms with Crippen molar-refractivity contribution < 1.29 is 14.3 Å². The normalized spacial score (nSPS) is 22.2. The predicted molar refractivity (Wildman–Crippen MR) is 63.2 cm³/mol. The SMILES string of the molecule is CCOC(=O)C(N)C(=O)NCC1CCN(C)C1. The molecular weight excluding hydrogens is 222 g/mol. The highest BCUT2D eigenvalue weighted by atomic mass is 16.5. The Morgan fingerprint density at radius 3 is 2.82 bits per heavy atom. The summed E-state index contributed by atoms with van der Waals surface area (Å²) in [5.74, 6) is -0.690. The number of rotatable bonds is 5. The second kappa shape index (κ2) is 6.56. The number of nitrogens with one attached hydrogen (secondary N) is 1. The molecule has 1 aliphatic heterocycles. The standard InChI is InChI=1S/C11H21N3O3/c1-3-17-11(16)9(12)10(15)13-6-8-4-5-14(2)7-8/h8-9H,3-7,12H2,1-2H3,(H,13,15). The van der Waals surface area contributed by atoms with Crippen molar-refractivity contribution in [3.8, 4) is 0 Å². The molecule has 1 saturated heterocycles. The van der Waals surface area contributed by atoms with Crippen LogP contribution in [0, 0.1) is 5.92 Å². The number of likely N-dealkylation sites (tertiary alicyclic amines) is 1. The molecule has 1 aliphatic rings. The Morgan fingerprint density at radius 2 is 2.29 bits per heavy atom. The van der Waals surface area contributed by atoms with E-state index in [0.717, 1.165) is 19.5 Å². The third-order valence-corrected chi connectivity index (χ3v) is 2.88. The van der Waals surface area contributed by atoms with Gasteiger partial charge in [-0.05, 0) is 32.9 Å². The number of esters is 1. The highest BCUT2D eigenvalue weighted by Crippen LogP contribution is 2.12. The Hall–Kier alpha value is -1.14. The summed E-state index contributed by atoms with van der Waals surface area (Å²) < 4.78 is 4.68. The first-order chi connectivity index (χ1) is 8.04. The maximum absolute atomic E-state index is 11.5. The van der Waals surface area contributed by atoms with Gasteiger partial charge in [-0.1, -0.05) is 0 Å². The average molecular weight is 243 g/mol. The number of nitrogens with two attached hydrogens (primary N) is 1. The van der Waals surface area contributed by atoms with Crippen LogP contribution in [0.1, 0.15) is 13.3 Å². The molecule has 6 heteroatoms. The molecule has 0 saturated carbocycles. The lowest BCUT2D eigenvalue weighted by Gasteiger charge is -2.14. The minimum Gasteiger partial charge on any atom is -0.464 e. The van der Waals surface area contributed by atoms with Crippen LogP contribution >= 0.6 is 0 Å². The van der Waals surface area contributed by atoms with Crippen molar-refractivity contribution in [2.45, 2.75) is 19.4 Å². The molecule has 6 nitrogen and oxygen atoms in total. The monoisotopic (exact) mass is 243 g/mol. The first kappa shape index (κ1) is 13.9. The van der Waals surface area contributed by atoms with Gasteiger partial charge in [0.15, 0.2) is 6.04 Å². The van der Waals surface area contributed by atoms with Crippen molar-refractivity contribution in [2.75, 3.05) is 33.3 Å². The molecule has 2 atom stereocenters. The maximum Gasteiger partial charge on any atom is 0.332 e. The number of nitrogens with zero attached hydrogens (tertiary/aromatic N) is 1. The molecule has 0 aromatic rings. The van der Waals surface area contributed by atoms with E-state index in [2.05, 4.69) is 15.0 Å². The van der Waals surface area contributed by atoms with E-state index in [1.807, 2.05) is 7.05 Å². The van der Waals surface area contributed by atoms with Crippen LogP contribution < -0.4 is 11.1 Å². The molecule has 1 amide bonds. The Bertz CT molecular complexity index is 283. The number of carbonyl (C=O) groups is 2. The third kappa shape index (κ3) is 4.32. The van der Waals surface area contributed by atoms with E-state index < -0.39 is 17.9 Å². The molecule has 1 rings (SSSR count). The van der Waals surface area contributed by atoms with Crippen LogP contribution in [0.4, 0.5) is 0 Å². The molecule has 2 unspecified atom stereocenters. The molecule has 0 aromatic carbocycles. The van der Waals surface area contributed by atoms with E-state index >= 15 is 0 Å². The second-order valence-electron chi connectivity index (χ2n) is 4.39. The summed E-state index contributed by atoms with van der Waals surface area (Å²) in [6.07, 6.45) is 1.06. The zero-order chi connectivity index (χ0) is 12.8. The molecule has 98 valence electrons. The summed E-state index contributed by atoms with van der Waals surface area (Å²) >= 11 is 0. The number of carbonyl (C=O) groups excluding carboxylic acids is 2. The van der Waals surface area contributed by atoms with E-state index in [-0.39, 0.29) is 6.61 Å². The van der Waals surface area contributed by atoms with Crippen molar-refractivity contribution in [1.29, 1.82) is 0 Å².